The Morgan fingerprint density at radius 3 is 2.53 bits per heavy atom. The summed E-state index contributed by atoms with van der Waals surface area (Å²) >= 11 is 4.78. The summed E-state index contributed by atoms with van der Waals surface area (Å²) in [5, 5.41) is 0.544. The van der Waals surface area contributed by atoms with Crippen LogP contribution in [0.2, 0.25) is 0 Å². The summed E-state index contributed by atoms with van der Waals surface area (Å²) in [6.45, 7) is 4.49. The molecule has 3 rings (SSSR count). The van der Waals surface area contributed by atoms with Crippen LogP contribution in [0.3, 0.4) is 0 Å². The molecule has 1 aliphatic rings. The van der Waals surface area contributed by atoms with E-state index in [1.54, 1.807) is 51.4 Å². The number of esters is 1. The number of thioether (sulfide) groups is 1. The van der Waals surface area contributed by atoms with Crippen LogP contribution in [0.1, 0.15) is 29.8 Å². The molecule has 1 fully saturated rings. The van der Waals surface area contributed by atoms with Crippen molar-refractivity contribution in [2.45, 2.75) is 13.8 Å². The number of halogens is 1. The monoisotopic (exact) mass is 518 g/mol. The summed E-state index contributed by atoms with van der Waals surface area (Å²) in [5.74, 6) is 0.665. The molecule has 0 radical (unpaired) electrons. The first-order valence-electron chi connectivity index (χ1n) is 9.91. The number of benzene rings is 2. The van der Waals surface area contributed by atoms with Gasteiger partial charge in [-0.05, 0) is 89.6 Å². The van der Waals surface area contributed by atoms with Crippen molar-refractivity contribution in [3.8, 4) is 11.5 Å². The summed E-state index contributed by atoms with van der Waals surface area (Å²) in [4.78, 5) is 31.1. The zero-order valence-corrected chi connectivity index (χ0v) is 20.6. The highest BCUT2D eigenvalue weighted by atomic mass is 79.9. The number of hydrogen-bond acceptors (Lipinski definition) is 7. The number of carbonyl (C=O) groups excluding carboxylic acids is 2. The topological polar surface area (TPSA) is 77.4 Å². The fourth-order valence-corrected chi connectivity index (χ4v) is 4.47. The minimum Gasteiger partial charge on any atom is -0.493 e. The lowest BCUT2D eigenvalue weighted by molar-refractivity contribution is -0.121. The van der Waals surface area contributed by atoms with E-state index >= 15 is 0 Å². The molecule has 0 bridgehead atoms. The fraction of sp³-hybridized carbons (Fsp3) is 0.261. The van der Waals surface area contributed by atoms with E-state index in [1.807, 2.05) is 19.1 Å². The Hall–Kier alpha value is -2.78. The molecule has 1 saturated heterocycles. The first kappa shape index (κ1) is 23.9. The van der Waals surface area contributed by atoms with Crippen LogP contribution < -0.4 is 9.47 Å². The van der Waals surface area contributed by atoms with Gasteiger partial charge < -0.3 is 14.2 Å². The third-order valence-electron chi connectivity index (χ3n) is 4.44. The van der Waals surface area contributed by atoms with Gasteiger partial charge in [0.25, 0.3) is 5.91 Å². The second-order valence-electron chi connectivity index (χ2n) is 6.60. The number of aliphatic imine (C=N–C) groups is 1. The van der Waals surface area contributed by atoms with Crippen LogP contribution in [0.4, 0.5) is 5.69 Å². The zero-order valence-electron chi connectivity index (χ0n) is 18.2. The zero-order chi connectivity index (χ0) is 23.3. The van der Waals surface area contributed by atoms with Gasteiger partial charge in [0.1, 0.15) is 0 Å². The maximum absolute atomic E-state index is 12.8. The predicted molar refractivity (Wildman–Crippen MR) is 130 cm³/mol. The van der Waals surface area contributed by atoms with Crippen LogP contribution in [0, 0.1) is 0 Å². The number of rotatable bonds is 7. The first-order chi connectivity index (χ1) is 15.4. The van der Waals surface area contributed by atoms with Crippen molar-refractivity contribution in [3.05, 3.63) is 56.9 Å². The summed E-state index contributed by atoms with van der Waals surface area (Å²) in [5.41, 5.74) is 1.88. The Balaban J connectivity index is 1.85. The van der Waals surface area contributed by atoms with E-state index in [4.69, 9.17) is 14.2 Å². The minimum atomic E-state index is -0.378. The Kier molecular flexibility index (Phi) is 7.98. The molecule has 2 aromatic rings. The van der Waals surface area contributed by atoms with Crippen molar-refractivity contribution < 1.29 is 23.8 Å². The Morgan fingerprint density at radius 1 is 1.19 bits per heavy atom. The average Bonchev–Trinajstić information content (AvgIpc) is 3.03. The third kappa shape index (κ3) is 5.34. The number of carbonyl (C=O) groups is 2. The standard InChI is InChI=1S/C23H23BrN2O5S/c1-5-30-20-17(24)11-14(12-18(20)29-4)13-19-21(27)26(3)23(32-19)25-16-9-7-15(8-10-16)22(28)31-6-2/h7-13H,5-6H2,1-4H3/b19-13-,25-23?. The predicted octanol–water partition coefficient (Wildman–Crippen LogP) is 5.27. The first-order valence-corrected chi connectivity index (χ1v) is 11.5. The Morgan fingerprint density at radius 2 is 1.91 bits per heavy atom. The molecule has 9 heteroatoms. The van der Waals surface area contributed by atoms with Crippen molar-refractivity contribution >= 4 is 56.5 Å². The van der Waals surface area contributed by atoms with Crippen molar-refractivity contribution in [1.82, 2.24) is 4.90 Å². The summed E-state index contributed by atoms with van der Waals surface area (Å²) in [7, 11) is 3.25. The highest BCUT2D eigenvalue weighted by Crippen LogP contribution is 2.39. The second kappa shape index (κ2) is 10.7. The van der Waals surface area contributed by atoms with Gasteiger partial charge in [0.05, 0.1) is 41.0 Å². The molecule has 32 heavy (non-hydrogen) atoms. The molecule has 0 atom stereocenters. The second-order valence-corrected chi connectivity index (χ2v) is 8.47. The number of likely N-dealkylation sites (N-methyl/N-ethyl adjacent to an activating group) is 1. The smallest absolute Gasteiger partial charge is 0.338 e. The molecule has 168 valence electrons. The molecule has 0 aromatic heterocycles. The van der Waals surface area contributed by atoms with E-state index in [1.165, 1.54) is 16.7 Å². The number of hydrogen-bond donors (Lipinski definition) is 0. The Bertz CT molecular complexity index is 1080. The SMILES string of the molecule is CCOC(=O)c1ccc(N=C2S/C(=C\c3cc(Br)c(OCC)c(OC)c3)C(=O)N2C)cc1. The molecule has 1 aliphatic heterocycles. The van der Waals surface area contributed by atoms with Gasteiger partial charge in [-0.15, -0.1) is 0 Å². The number of amides is 1. The highest BCUT2D eigenvalue weighted by Gasteiger charge is 2.30. The van der Waals surface area contributed by atoms with Crippen molar-refractivity contribution in [2.24, 2.45) is 4.99 Å². The van der Waals surface area contributed by atoms with Gasteiger partial charge in [0.15, 0.2) is 16.7 Å². The molecule has 1 amide bonds. The number of amidine groups is 1. The fourth-order valence-electron chi connectivity index (χ4n) is 2.91. The minimum absolute atomic E-state index is 0.152. The van der Waals surface area contributed by atoms with E-state index in [0.717, 1.165) is 10.0 Å². The van der Waals surface area contributed by atoms with E-state index in [2.05, 4.69) is 20.9 Å². The van der Waals surface area contributed by atoms with Crippen molar-refractivity contribution in [1.29, 1.82) is 0 Å². The lowest BCUT2D eigenvalue weighted by atomic mass is 10.2. The maximum Gasteiger partial charge on any atom is 0.338 e. The normalized spacial score (nSPS) is 16.0. The van der Waals surface area contributed by atoms with Gasteiger partial charge in [0.2, 0.25) is 0 Å². The summed E-state index contributed by atoms with van der Waals surface area (Å²) in [6.07, 6.45) is 1.79. The lowest BCUT2D eigenvalue weighted by Gasteiger charge is -2.12. The largest absolute Gasteiger partial charge is 0.493 e. The Labute approximate surface area is 199 Å². The summed E-state index contributed by atoms with van der Waals surface area (Å²) in [6, 6.07) is 10.4. The van der Waals surface area contributed by atoms with Crippen LogP contribution in [0.5, 0.6) is 11.5 Å². The number of methoxy groups -OCH3 is 1. The molecule has 0 N–H and O–H groups in total. The molecule has 7 nitrogen and oxygen atoms in total. The van der Waals surface area contributed by atoms with Crippen LogP contribution in [0.15, 0.2) is 50.8 Å². The van der Waals surface area contributed by atoms with Gasteiger partial charge in [-0.1, -0.05) is 0 Å². The third-order valence-corrected chi connectivity index (χ3v) is 6.09. The quantitative estimate of drug-likeness (QED) is 0.367. The molecule has 0 spiro atoms. The molecule has 0 aliphatic carbocycles. The molecule has 0 unspecified atom stereocenters. The number of ether oxygens (including phenoxy) is 3. The van der Waals surface area contributed by atoms with Crippen molar-refractivity contribution in [3.63, 3.8) is 0 Å². The average molecular weight is 519 g/mol. The van der Waals surface area contributed by atoms with Crippen LogP contribution in [-0.2, 0) is 9.53 Å². The molecule has 1 heterocycles. The van der Waals surface area contributed by atoms with Gasteiger partial charge in [-0.3, -0.25) is 9.69 Å². The van der Waals surface area contributed by atoms with Gasteiger partial charge in [0, 0.05) is 7.05 Å². The van der Waals surface area contributed by atoms with Crippen LogP contribution in [-0.4, -0.2) is 49.3 Å². The van der Waals surface area contributed by atoms with Crippen LogP contribution in [0.25, 0.3) is 6.08 Å². The van der Waals surface area contributed by atoms with E-state index in [0.29, 0.717) is 46.0 Å². The molecule has 2 aromatic carbocycles. The maximum atomic E-state index is 12.8. The molecular formula is C23H23BrN2O5S. The van der Waals surface area contributed by atoms with Crippen molar-refractivity contribution in [2.75, 3.05) is 27.4 Å². The summed E-state index contributed by atoms with van der Waals surface area (Å²) < 4.78 is 16.8. The molecule has 0 saturated carbocycles. The van der Waals surface area contributed by atoms with Crippen LogP contribution >= 0.6 is 27.7 Å². The van der Waals surface area contributed by atoms with E-state index < -0.39 is 0 Å². The van der Waals surface area contributed by atoms with Gasteiger partial charge in [-0.25, -0.2) is 9.79 Å². The van der Waals surface area contributed by atoms with Gasteiger partial charge in [-0.2, -0.15) is 0 Å². The molecular weight excluding hydrogens is 496 g/mol. The van der Waals surface area contributed by atoms with E-state index in [9.17, 15) is 9.59 Å². The highest BCUT2D eigenvalue weighted by molar-refractivity contribution is 9.10. The van der Waals surface area contributed by atoms with E-state index in [-0.39, 0.29) is 11.9 Å². The lowest BCUT2D eigenvalue weighted by Crippen LogP contribution is -2.23. The number of nitrogens with zero attached hydrogens (tertiary/aromatic N) is 2. The van der Waals surface area contributed by atoms with Gasteiger partial charge >= 0.3 is 5.97 Å².